The predicted molar refractivity (Wildman–Crippen MR) is 95.1 cm³/mol. The van der Waals surface area contributed by atoms with Crippen molar-refractivity contribution in [1.29, 1.82) is 0 Å². The highest BCUT2D eigenvalue weighted by atomic mass is 19.1. The first kappa shape index (κ1) is 20.6. The van der Waals surface area contributed by atoms with Crippen LogP contribution in [0.3, 0.4) is 0 Å². The van der Waals surface area contributed by atoms with Crippen LogP contribution in [0.2, 0.25) is 0 Å². The Morgan fingerprint density at radius 1 is 1.00 bits per heavy atom. The summed E-state index contributed by atoms with van der Waals surface area (Å²) in [5, 5.41) is 8.52. The van der Waals surface area contributed by atoms with Gasteiger partial charge in [-0.25, -0.2) is 4.39 Å². The van der Waals surface area contributed by atoms with Crippen LogP contribution < -0.4 is 4.74 Å². The average molecular weight is 348 g/mol. The molecule has 0 unspecified atom stereocenters. The Morgan fingerprint density at radius 2 is 1.68 bits per heavy atom. The van der Waals surface area contributed by atoms with E-state index in [9.17, 15) is 14.0 Å². The van der Waals surface area contributed by atoms with E-state index in [0.717, 1.165) is 38.5 Å². The van der Waals surface area contributed by atoms with Crippen LogP contribution in [0.15, 0.2) is 48.6 Å². The van der Waals surface area contributed by atoms with Gasteiger partial charge in [0.05, 0.1) is 0 Å². The van der Waals surface area contributed by atoms with Crippen LogP contribution in [-0.4, -0.2) is 23.5 Å². The minimum atomic E-state index is -0.729. The van der Waals surface area contributed by atoms with Crippen molar-refractivity contribution in [3.63, 3.8) is 0 Å². The van der Waals surface area contributed by atoms with Crippen molar-refractivity contribution in [2.45, 2.75) is 44.9 Å². The van der Waals surface area contributed by atoms with Gasteiger partial charge in [0.15, 0.2) is 12.4 Å². The number of unbranched alkanes of at least 4 members (excludes halogenated alkanes) is 5. The Hall–Kier alpha value is -2.43. The Kier molecular flexibility index (Phi) is 10.7. The number of carbonyl (C=O) groups is 2. The van der Waals surface area contributed by atoms with E-state index in [2.05, 4.69) is 0 Å². The van der Waals surface area contributed by atoms with Gasteiger partial charge in [0.1, 0.15) is 11.6 Å². The van der Waals surface area contributed by atoms with Gasteiger partial charge in [0, 0.05) is 6.42 Å². The van der Waals surface area contributed by atoms with Crippen molar-refractivity contribution in [3.8, 4) is 5.75 Å². The summed E-state index contributed by atoms with van der Waals surface area (Å²) >= 11 is 0. The fraction of sp³-hybridized carbons (Fsp3) is 0.400. The van der Waals surface area contributed by atoms with Crippen molar-refractivity contribution in [2.24, 2.45) is 0 Å². The summed E-state index contributed by atoms with van der Waals surface area (Å²) in [5.74, 6) is -0.772. The molecule has 136 valence electrons. The molecule has 25 heavy (non-hydrogen) atoms. The van der Waals surface area contributed by atoms with Crippen molar-refractivity contribution in [3.05, 3.63) is 54.4 Å². The van der Waals surface area contributed by atoms with E-state index in [1.807, 2.05) is 12.2 Å². The van der Waals surface area contributed by atoms with Crippen LogP contribution >= 0.6 is 0 Å². The molecule has 1 N–H and O–H groups in total. The zero-order valence-electron chi connectivity index (χ0n) is 14.3. The summed E-state index contributed by atoms with van der Waals surface area (Å²) < 4.78 is 18.0. The van der Waals surface area contributed by atoms with E-state index >= 15 is 0 Å². The van der Waals surface area contributed by atoms with Gasteiger partial charge in [0.2, 0.25) is 0 Å². The molecule has 0 bridgehead atoms. The van der Waals surface area contributed by atoms with E-state index in [0.29, 0.717) is 5.75 Å². The minimum Gasteiger partial charge on any atom is -0.485 e. The van der Waals surface area contributed by atoms with Crippen LogP contribution in [0.25, 0.3) is 0 Å². The number of carbonyl (C=O) groups excluding carboxylic acids is 1. The van der Waals surface area contributed by atoms with Crippen LogP contribution in [0.1, 0.15) is 44.9 Å². The second-order valence-electron chi connectivity index (χ2n) is 5.70. The second kappa shape index (κ2) is 12.9. The number of hydrogen-bond donors (Lipinski definition) is 1. The van der Waals surface area contributed by atoms with E-state index in [1.165, 1.54) is 30.3 Å². The lowest BCUT2D eigenvalue weighted by atomic mass is 10.1. The van der Waals surface area contributed by atoms with Crippen LogP contribution in [0, 0.1) is 5.82 Å². The van der Waals surface area contributed by atoms with Crippen LogP contribution in [0.5, 0.6) is 5.75 Å². The second-order valence-corrected chi connectivity index (χ2v) is 5.70. The minimum absolute atomic E-state index is 0.0771. The number of carboxylic acid groups (broad SMARTS) is 1. The Labute approximate surface area is 148 Å². The molecule has 5 heteroatoms. The fourth-order valence-corrected chi connectivity index (χ4v) is 2.14. The van der Waals surface area contributed by atoms with Crippen molar-refractivity contribution in [2.75, 3.05) is 6.61 Å². The molecule has 0 aliphatic heterocycles. The summed E-state index contributed by atoms with van der Waals surface area (Å²) in [5.41, 5.74) is 0. The molecule has 0 aromatic heterocycles. The molecule has 0 spiro atoms. The predicted octanol–water partition coefficient (Wildman–Crippen LogP) is 4.70. The Morgan fingerprint density at radius 3 is 2.40 bits per heavy atom. The largest absolute Gasteiger partial charge is 0.485 e. The highest BCUT2D eigenvalue weighted by Gasteiger charge is 1.99. The first-order valence-corrected chi connectivity index (χ1v) is 8.54. The lowest BCUT2D eigenvalue weighted by Gasteiger charge is -2.02. The van der Waals surface area contributed by atoms with Gasteiger partial charge in [-0.05, 0) is 49.6 Å². The monoisotopic (exact) mass is 348 g/mol. The lowest BCUT2D eigenvalue weighted by molar-refractivity contribution is -0.137. The molecule has 0 amide bonds. The third-order valence-electron chi connectivity index (χ3n) is 3.49. The summed E-state index contributed by atoms with van der Waals surface area (Å²) in [6.45, 7) is -0.0771. The number of ether oxygens (including phenoxy) is 1. The van der Waals surface area contributed by atoms with E-state index in [1.54, 1.807) is 6.08 Å². The molecule has 1 aromatic carbocycles. The molecular weight excluding hydrogens is 323 g/mol. The van der Waals surface area contributed by atoms with Gasteiger partial charge in [-0.3, -0.25) is 9.59 Å². The molecule has 0 saturated carbocycles. The Bertz CT molecular complexity index is 576. The number of aliphatic carboxylic acids is 1. The molecule has 0 fully saturated rings. The third kappa shape index (κ3) is 11.7. The molecule has 1 aromatic rings. The zero-order valence-corrected chi connectivity index (χ0v) is 14.3. The molecule has 4 nitrogen and oxygen atoms in total. The van der Waals surface area contributed by atoms with E-state index in [-0.39, 0.29) is 24.6 Å². The normalized spacial score (nSPS) is 11.2. The van der Waals surface area contributed by atoms with E-state index < -0.39 is 5.97 Å². The van der Waals surface area contributed by atoms with Crippen LogP contribution in [0.4, 0.5) is 4.39 Å². The molecule has 0 heterocycles. The number of hydrogen-bond acceptors (Lipinski definition) is 3. The number of benzene rings is 1. The first-order valence-electron chi connectivity index (χ1n) is 8.54. The van der Waals surface area contributed by atoms with E-state index in [4.69, 9.17) is 9.84 Å². The Balaban J connectivity index is 2.03. The fourth-order valence-electron chi connectivity index (χ4n) is 2.14. The zero-order chi connectivity index (χ0) is 18.3. The quantitative estimate of drug-likeness (QED) is 0.319. The number of allylic oxidation sites excluding steroid dienone is 3. The number of halogens is 1. The maximum absolute atomic E-state index is 12.7. The molecule has 0 aliphatic rings. The first-order chi connectivity index (χ1) is 12.1. The molecular formula is C20H25FO4. The highest BCUT2D eigenvalue weighted by molar-refractivity contribution is 5.91. The van der Waals surface area contributed by atoms with Gasteiger partial charge < -0.3 is 9.84 Å². The standard InChI is InChI=1S/C20H25FO4/c21-17-12-14-19(15-13-17)25-16-18(22)10-8-6-4-2-1-3-5-7-9-11-20(23)24/h4,6,8,10,12-15H,1-3,5,7,9,11,16H2,(H,23,24)/b6-4-,10-8+. The number of rotatable bonds is 13. The highest BCUT2D eigenvalue weighted by Crippen LogP contribution is 2.11. The summed E-state index contributed by atoms with van der Waals surface area (Å²) in [6.07, 6.45) is 13.0. The lowest BCUT2D eigenvalue weighted by Crippen LogP contribution is -2.07. The van der Waals surface area contributed by atoms with Crippen molar-refractivity contribution >= 4 is 11.8 Å². The summed E-state index contributed by atoms with van der Waals surface area (Å²) in [7, 11) is 0. The topological polar surface area (TPSA) is 63.6 Å². The molecule has 0 atom stereocenters. The van der Waals surface area contributed by atoms with Crippen molar-refractivity contribution < 1.29 is 23.8 Å². The maximum Gasteiger partial charge on any atom is 0.303 e. The number of ketones is 1. The van der Waals surface area contributed by atoms with Crippen molar-refractivity contribution in [1.82, 2.24) is 0 Å². The van der Waals surface area contributed by atoms with Gasteiger partial charge in [-0.1, -0.05) is 37.5 Å². The molecule has 0 aliphatic carbocycles. The van der Waals surface area contributed by atoms with Gasteiger partial charge in [0.25, 0.3) is 0 Å². The van der Waals surface area contributed by atoms with Gasteiger partial charge >= 0.3 is 5.97 Å². The third-order valence-corrected chi connectivity index (χ3v) is 3.49. The summed E-state index contributed by atoms with van der Waals surface area (Å²) in [6, 6.07) is 5.52. The number of carboxylic acids is 1. The molecule has 0 radical (unpaired) electrons. The van der Waals surface area contributed by atoms with Crippen LogP contribution in [-0.2, 0) is 9.59 Å². The van der Waals surface area contributed by atoms with Gasteiger partial charge in [-0.15, -0.1) is 0 Å². The maximum atomic E-state index is 12.7. The summed E-state index contributed by atoms with van der Waals surface area (Å²) in [4.78, 5) is 22.0. The van der Waals surface area contributed by atoms with Gasteiger partial charge in [-0.2, -0.15) is 0 Å². The SMILES string of the molecule is O=C(O)CCCCCCC/C=C\C=C\C(=O)COc1ccc(F)cc1. The average Bonchev–Trinajstić information content (AvgIpc) is 2.59. The molecule has 0 saturated heterocycles. The molecule has 1 rings (SSSR count). The smallest absolute Gasteiger partial charge is 0.303 e.